The molecule has 0 aromatic carbocycles. The Hall–Kier alpha value is -1.30. The van der Waals surface area contributed by atoms with Crippen molar-refractivity contribution in [3.05, 3.63) is 0 Å². The summed E-state index contributed by atoms with van der Waals surface area (Å²) < 4.78 is 4.94. The van der Waals surface area contributed by atoms with Crippen LogP contribution in [0.1, 0.15) is 13.8 Å². The van der Waals surface area contributed by atoms with Crippen LogP contribution in [-0.4, -0.2) is 36.7 Å². The number of amides is 1. The molecule has 82 valence electrons. The molecule has 6 nitrogen and oxygen atoms in total. The van der Waals surface area contributed by atoms with Crippen LogP contribution in [0.15, 0.2) is 5.16 Å². The smallest absolute Gasteiger partial charge is 0.230 e. The van der Waals surface area contributed by atoms with Gasteiger partial charge in [-0.25, -0.2) is 0 Å². The van der Waals surface area contributed by atoms with Crippen molar-refractivity contribution in [3.8, 4) is 0 Å². The van der Waals surface area contributed by atoms with Gasteiger partial charge in [-0.05, 0) is 13.8 Å². The molecule has 1 amide bonds. The lowest BCUT2D eigenvalue weighted by atomic mass is 10.1. The van der Waals surface area contributed by atoms with Crippen LogP contribution >= 0.6 is 0 Å². The summed E-state index contributed by atoms with van der Waals surface area (Å²) in [6.07, 6.45) is -0.0570. The number of rotatable bonds is 5. The Kier molecular flexibility index (Phi) is 5.62. The van der Waals surface area contributed by atoms with E-state index in [1.54, 1.807) is 14.0 Å². The van der Waals surface area contributed by atoms with Gasteiger partial charge in [0.05, 0.1) is 12.0 Å². The molecule has 0 aromatic rings. The van der Waals surface area contributed by atoms with Gasteiger partial charge in [-0.15, -0.1) is 0 Å². The summed E-state index contributed by atoms with van der Waals surface area (Å²) in [4.78, 5) is 11.3. The van der Waals surface area contributed by atoms with Crippen LogP contribution in [0.4, 0.5) is 0 Å². The van der Waals surface area contributed by atoms with Gasteiger partial charge in [0.15, 0.2) is 5.84 Å². The number of methoxy groups -OCH3 is 1. The first kappa shape index (κ1) is 12.7. The van der Waals surface area contributed by atoms with E-state index in [-0.39, 0.29) is 17.8 Å². The van der Waals surface area contributed by atoms with Gasteiger partial charge in [0.25, 0.3) is 0 Å². The van der Waals surface area contributed by atoms with E-state index in [0.717, 1.165) is 0 Å². The van der Waals surface area contributed by atoms with Crippen molar-refractivity contribution >= 4 is 11.7 Å². The molecule has 0 aromatic heterocycles. The highest BCUT2D eigenvalue weighted by Gasteiger charge is 2.17. The first-order chi connectivity index (χ1) is 6.52. The van der Waals surface area contributed by atoms with E-state index in [9.17, 15) is 4.79 Å². The van der Waals surface area contributed by atoms with E-state index in [1.165, 1.54) is 0 Å². The van der Waals surface area contributed by atoms with Gasteiger partial charge < -0.3 is 21.0 Å². The zero-order valence-electron chi connectivity index (χ0n) is 8.65. The zero-order chi connectivity index (χ0) is 11.1. The minimum absolute atomic E-state index is 0.0570. The van der Waals surface area contributed by atoms with E-state index in [0.29, 0.717) is 6.54 Å². The average molecular weight is 203 g/mol. The lowest BCUT2D eigenvalue weighted by Gasteiger charge is -2.13. The fraction of sp³-hybridized carbons (Fsp3) is 0.750. The van der Waals surface area contributed by atoms with Gasteiger partial charge in [-0.1, -0.05) is 5.16 Å². The van der Waals surface area contributed by atoms with Gasteiger partial charge in [-0.2, -0.15) is 0 Å². The highest BCUT2D eigenvalue weighted by molar-refractivity contribution is 6.01. The largest absolute Gasteiger partial charge is 0.409 e. The molecule has 0 aliphatic carbocycles. The second kappa shape index (κ2) is 6.20. The van der Waals surface area contributed by atoms with Crippen LogP contribution in [0.3, 0.4) is 0 Å². The molecular weight excluding hydrogens is 186 g/mol. The number of nitrogens with one attached hydrogen (secondary N) is 1. The van der Waals surface area contributed by atoms with Gasteiger partial charge in [0.1, 0.15) is 0 Å². The third-order valence-electron chi connectivity index (χ3n) is 1.92. The van der Waals surface area contributed by atoms with Crippen LogP contribution in [0.25, 0.3) is 0 Å². The number of amidine groups is 1. The van der Waals surface area contributed by atoms with E-state index in [1.807, 2.05) is 6.92 Å². The van der Waals surface area contributed by atoms with Crippen molar-refractivity contribution in [2.24, 2.45) is 16.8 Å². The molecule has 0 bridgehead atoms. The Morgan fingerprint density at radius 3 is 2.64 bits per heavy atom. The summed E-state index contributed by atoms with van der Waals surface area (Å²) in [5, 5.41) is 13.7. The highest BCUT2D eigenvalue weighted by Crippen LogP contribution is 1.95. The molecule has 14 heavy (non-hydrogen) atoms. The number of oxime groups is 1. The standard InChI is InChI=1S/C8H17N3O3/c1-5(14-3)4-10-8(12)6(2)7(9)11-13/h5-6,13H,4H2,1-3H3,(H2,9,11)(H,10,12). The maximum Gasteiger partial charge on any atom is 0.230 e. The maximum absolute atomic E-state index is 11.3. The summed E-state index contributed by atoms with van der Waals surface area (Å²) >= 11 is 0. The van der Waals surface area contributed by atoms with Gasteiger partial charge >= 0.3 is 0 Å². The molecule has 2 unspecified atom stereocenters. The van der Waals surface area contributed by atoms with Crippen LogP contribution in [0.2, 0.25) is 0 Å². The molecule has 0 aliphatic heterocycles. The Balaban J connectivity index is 3.97. The molecule has 0 spiro atoms. The molecule has 0 rings (SSSR count). The summed E-state index contributed by atoms with van der Waals surface area (Å²) in [7, 11) is 1.56. The molecule has 2 atom stereocenters. The Labute approximate surface area is 83.1 Å². The second-order valence-corrected chi connectivity index (χ2v) is 3.04. The second-order valence-electron chi connectivity index (χ2n) is 3.04. The van der Waals surface area contributed by atoms with Gasteiger partial charge in [0, 0.05) is 13.7 Å². The molecule has 4 N–H and O–H groups in total. The summed E-state index contributed by atoms with van der Waals surface area (Å²) in [5.74, 6) is -1.03. The monoisotopic (exact) mass is 203 g/mol. The average Bonchev–Trinajstić information content (AvgIpc) is 2.22. The van der Waals surface area contributed by atoms with Crippen molar-refractivity contribution in [2.45, 2.75) is 20.0 Å². The molecule has 0 saturated heterocycles. The molecule has 6 heteroatoms. The first-order valence-corrected chi connectivity index (χ1v) is 4.30. The number of carbonyl (C=O) groups is 1. The molecule has 0 saturated carbocycles. The first-order valence-electron chi connectivity index (χ1n) is 4.30. The van der Waals surface area contributed by atoms with Crippen molar-refractivity contribution in [3.63, 3.8) is 0 Å². The number of ether oxygens (including phenoxy) is 1. The number of hydrogen-bond acceptors (Lipinski definition) is 4. The van der Waals surface area contributed by atoms with Gasteiger partial charge in [0.2, 0.25) is 5.91 Å². The third kappa shape index (κ3) is 4.08. The van der Waals surface area contributed by atoms with Crippen molar-refractivity contribution < 1.29 is 14.7 Å². The summed E-state index contributed by atoms with van der Waals surface area (Å²) in [5.41, 5.74) is 5.26. The highest BCUT2D eigenvalue weighted by atomic mass is 16.5. The molecule has 0 aliphatic rings. The Bertz CT molecular complexity index is 218. The Morgan fingerprint density at radius 1 is 1.64 bits per heavy atom. The fourth-order valence-corrected chi connectivity index (χ4v) is 0.702. The van der Waals surface area contributed by atoms with Crippen molar-refractivity contribution in [2.75, 3.05) is 13.7 Å². The quantitative estimate of drug-likeness (QED) is 0.243. The number of nitrogens with zero attached hydrogens (tertiary/aromatic N) is 1. The predicted octanol–water partition coefficient (Wildman–Crippen LogP) is -0.480. The number of nitrogens with two attached hydrogens (primary N) is 1. The number of hydrogen-bond donors (Lipinski definition) is 3. The molecule has 0 fully saturated rings. The van der Waals surface area contributed by atoms with E-state index >= 15 is 0 Å². The third-order valence-corrected chi connectivity index (χ3v) is 1.92. The van der Waals surface area contributed by atoms with Crippen LogP contribution in [0, 0.1) is 5.92 Å². The maximum atomic E-state index is 11.3. The predicted molar refractivity (Wildman–Crippen MR) is 52.1 cm³/mol. The van der Waals surface area contributed by atoms with Crippen LogP contribution in [-0.2, 0) is 9.53 Å². The van der Waals surface area contributed by atoms with E-state index < -0.39 is 5.92 Å². The molecule has 0 radical (unpaired) electrons. The SMILES string of the molecule is COC(C)CNC(=O)C(C)C(N)=NO. The minimum atomic E-state index is -0.635. The lowest BCUT2D eigenvalue weighted by Crippen LogP contribution is -2.40. The van der Waals surface area contributed by atoms with E-state index in [4.69, 9.17) is 15.7 Å². The fourth-order valence-electron chi connectivity index (χ4n) is 0.702. The van der Waals surface area contributed by atoms with Gasteiger partial charge in [-0.3, -0.25) is 4.79 Å². The number of carbonyl (C=O) groups excluding carboxylic acids is 1. The van der Waals surface area contributed by atoms with Crippen LogP contribution in [0.5, 0.6) is 0 Å². The van der Waals surface area contributed by atoms with E-state index in [2.05, 4.69) is 10.5 Å². The summed E-state index contributed by atoms with van der Waals surface area (Å²) in [6.45, 7) is 3.79. The summed E-state index contributed by atoms with van der Waals surface area (Å²) in [6, 6.07) is 0. The molecule has 0 heterocycles. The topological polar surface area (TPSA) is 96.9 Å². The van der Waals surface area contributed by atoms with Crippen molar-refractivity contribution in [1.29, 1.82) is 0 Å². The Morgan fingerprint density at radius 2 is 2.21 bits per heavy atom. The minimum Gasteiger partial charge on any atom is -0.409 e. The molecular formula is C8H17N3O3. The normalized spacial score (nSPS) is 16.1. The lowest BCUT2D eigenvalue weighted by molar-refractivity contribution is -0.123. The van der Waals surface area contributed by atoms with Crippen molar-refractivity contribution in [1.82, 2.24) is 5.32 Å². The zero-order valence-corrected chi connectivity index (χ0v) is 8.65. The van der Waals surface area contributed by atoms with Crippen LogP contribution < -0.4 is 11.1 Å².